The van der Waals surface area contributed by atoms with E-state index in [-0.39, 0.29) is 5.92 Å². The Kier molecular flexibility index (Phi) is 4.74. The monoisotopic (exact) mass is 398 g/mol. The summed E-state index contributed by atoms with van der Waals surface area (Å²) < 4.78 is 0. The molecule has 0 atom stereocenters. The quantitative estimate of drug-likeness (QED) is 0.665. The Morgan fingerprint density at radius 1 is 1.00 bits per heavy atom. The zero-order chi connectivity index (χ0) is 20.7. The van der Waals surface area contributed by atoms with Gasteiger partial charge in [0.1, 0.15) is 5.82 Å². The standard InChI is InChI=1S/C24H26N6/c1-16-3-4-20-17(2)12-22(28-21(20)11-16)30-14-19(15-30)23-24(27-8-7-26-23)29-9-5-18(13-25)6-10-29/h3-4,7-8,11-12,18-19H,5-6,9-10,14-15H2,1-2H3. The van der Waals surface area contributed by atoms with Gasteiger partial charge in [-0.2, -0.15) is 5.26 Å². The molecule has 30 heavy (non-hydrogen) atoms. The number of fused-ring (bicyclic) bond motifs is 1. The Labute approximate surface area is 177 Å². The van der Waals surface area contributed by atoms with Crippen molar-refractivity contribution in [3.63, 3.8) is 0 Å². The molecule has 6 nitrogen and oxygen atoms in total. The van der Waals surface area contributed by atoms with E-state index in [1.807, 2.05) is 0 Å². The minimum Gasteiger partial charge on any atom is -0.355 e. The molecule has 4 heterocycles. The van der Waals surface area contributed by atoms with Crippen molar-refractivity contribution in [3.8, 4) is 6.07 Å². The van der Waals surface area contributed by atoms with Crippen LogP contribution >= 0.6 is 0 Å². The van der Waals surface area contributed by atoms with Crippen molar-refractivity contribution in [1.29, 1.82) is 5.26 Å². The Morgan fingerprint density at radius 2 is 1.77 bits per heavy atom. The molecule has 2 aromatic heterocycles. The predicted molar refractivity (Wildman–Crippen MR) is 119 cm³/mol. The van der Waals surface area contributed by atoms with Gasteiger partial charge in [0.25, 0.3) is 0 Å². The van der Waals surface area contributed by atoms with Crippen LogP contribution in [-0.2, 0) is 0 Å². The highest BCUT2D eigenvalue weighted by Gasteiger charge is 2.34. The SMILES string of the molecule is Cc1ccc2c(C)cc(N3CC(c4nccnc4N4CCC(C#N)CC4)C3)nc2c1. The van der Waals surface area contributed by atoms with Gasteiger partial charge < -0.3 is 9.80 Å². The van der Waals surface area contributed by atoms with Gasteiger partial charge in [-0.15, -0.1) is 0 Å². The van der Waals surface area contributed by atoms with Gasteiger partial charge in [0.2, 0.25) is 0 Å². The molecule has 0 radical (unpaired) electrons. The van der Waals surface area contributed by atoms with Crippen molar-refractivity contribution < 1.29 is 0 Å². The Bertz CT molecular complexity index is 1120. The van der Waals surface area contributed by atoms with Gasteiger partial charge in [0.15, 0.2) is 5.82 Å². The molecule has 152 valence electrons. The number of aromatic nitrogens is 3. The van der Waals surface area contributed by atoms with Gasteiger partial charge >= 0.3 is 0 Å². The van der Waals surface area contributed by atoms with Crippen molar-refractivity contribution in [2.75, 3.05) is 36.0 Å². The van der Waals surface area contributed by atoms with Crippen LogP contribution in [0.25, 0.3) is 10.9 Å². The van der Waals surface area contributed by atoms with Crippen LogP contribution in [0.3, 0.4) is 0 Å². The minimum absolute atomic E-state index is 0.173. The molecular formula is C24H26N6. The number of anilines is 2. The summed E-state index contributed by atoms with van der Waals surface area (Å²) in [6, 6.07) is 11.1. The first kappa shape index (κ1) is 18.8. The zero-order valence-electron chi connectivity index (χ0n) is 17.5. The van der Waals surface area contributed by atoms with Gasteiger partial charge in [-0.05, 0) is 49.9 Å². The van der Waals surface area contributed by atoms with E-state index in [9.17, 15) is 0 Å². The van der Waals surface area contributed by atoms with Crippen molar-refractivity contribution >= 4 is 22.5 Å². The highest BCUT2D eigenvalue weighted by Crippen LogP contribution is 2.36. The molecule has 0 saturated carbocycles. The summed E-state index contributed by atoms with van der Waals surface area (Å²) in [5.41, 5.74) is 4.64. The lowest BCUT2D eigenvalue weighted by Crippen LogP contribution is -2.47. The van der Waals surface area contributed by atoms with E-state index in [1.165, 1.54) is 16.5 Å². The van der Waals surface area contributed by atoms with Crippen molar-refractivity contribution in [2.24, 2.45) is 5.92 Å². The third-order valence-electron chi connectivity index (χ3n) is 6.43. The van der Waals surface area contributed by atoms with Crippen LogP contribution in [-0.4, -0.2) is 41.1 Å². The number of hydrogen-bond donors (Lipinski definition) is 0. The van der Waals surface area contributed by atoms with E-state index in [2.05, 4.69) is 59.0 Å². The van der Waals surface area contributed by atoms with Gasteiger partial charge in [0.05, 0.1) is 17.3 Å². The van der Waals surface area contributed by atoms with Gasteiger partial charge in [-0.25, -0.2) is 9.97 Å². The molecule has 0 amide bonds. The Hall–Kier alpha value is -3.20. The summed E-state index contributed by atoms with van der Waals surface area (Å²) >= 11 is 0. The van der Waals surface area contributed by atoms with Crippen LogP contribution in [0.4, 0.5) is 11.6 Å². The van der Waals surface area contributed by atoms with Crippen LogP contribution in [0.5, 0.6) is 0 Å². The molecule has 0 spiro atoms. The number of aryl methyl sites for hydroxylation is 2. The van der Waals surface area contributed by atoms with E-state index in [4.69, 9.17) is 15.2 Å². The lowest BCUT2D eigenvalue weighted by atomic mass is 9.93. The van der Waals surface area contributed by atoms with E-state index in [0.29, 0.717) is 5.92 Å². The maximum Gasteiger partial charge on any atom is 0.150 e. The topological polar surface area (TPSA) is 68.9 Å². The summed E-state index contributed by atoms with van der Waals surface area (Å²) in [5.74, 6) is 2.57. The zero-order valence-corrected chi connectivity index (χ0v) is 17.5. The molecule has 1 aromatic carbocycles. The smallest absolute Gasteiger partial charge is 0.150 e. The maximum atomic E-state index is 9.17. The molecule has 0 unspecified atom stereocenters. The molecule has 2 aliphatic rings. The van der Waals surface area contributed by atoms with Crippen molar-refractivity contribution in [3.05, 3.63) is 53.5 Å². The molecule has 0 N–H and O–H groups in total. The first-order chi connectivity index (χ1) is 14.6. The second-order valence-electron chi connectivity index (χ2n) is 8.58. The fraction of sp³-hybridized carbons (Fsp3) is 0.417. The lowest BCUT2D eigenvalue weighted by molar-refractivity contribution is 0.473. The molecule has 3 aromatic rings. The number of hydrogen-bond acceptors (Lipinski definition) is 6. The summed E-state index contributed by atoms with van der Waals surface area (Å²) in [6.07, 6.45) is 5.39. The highest BCUT2D eigenvalue weighted by atomic mass is 15.3. The lowest BCUT2D eigenvalue weighted by Gasteiger charge is -2.41. The number of pyridine rings is 1. The van der Waals surface area contributed by atoms with E-state index in [0.717, 1.165) is 61.9 Å². The van der Waals surface area contributed by atoms with E-state index < -0.39 is 0 Å². The minimum atomic E-state index is 0.173. The Balaban J connectivity index is 1.34. The molecule has 5 rings (SSSR count). The predicted octanol–water partition coefficient (Wildman–Crippen LogP) is 3.99. The second kappa shape index (κ2) is 7.56. The maximum absolute atomic E-state index is 9.17. The molecule has 6 heteroatoms. The molecular weight excluding hydrogens is 372 g/mol. The number of nitrogens with zero attached hydrogens (tertiary/aromatic N) is 6. The summed E-state index contributed by atoms with van der Waals surface area (Å²) in [5, 5.41) is 10.4. The summed E-state index contributed by atoms with van der Waals surface area (Å²) in [6.45, 7) is 7.84. The first-order valence-electron chi connectivity index (χ1n) is 10.7. The fourth-order valence-electron chi connectivity index (χ4n) is 4.59. The summed E-state index contributed by atoms with van der Waals surface area (Å²) in [7, 11) is 0. The number of piperidine rings is 1. The Morgan fingerprint density at radius 3 is 2.53 bits per heavy atom. The molecule has 2 fully saturated rings. The van der Waals surface area contributed by atoms with Crippen LogP contribution in [0.1, 0.15) is 35.6 Å². The van der Waals surface area contributed by atoms with E-state index in [1.54, 1.807) is 12.4 Å². The van der Waals surface area contributed by atoms with E-state index >= 15 is 0 Å². The summed E-state index contributed by atoms with van der Waals surface area (Å²) in [4.78, 5) is 18.9. The van der Waals surface area contributed by atoms with Crippen molar-refractivity contribution in [2.45, 2.75) is 32.6 Å². The third kappa shape index (κ3) is 3.35. The molecule has 2 saturated heterocycles. The molecule has 2 aliphatic heterocycles. The van der Waals surface area contributed by atoms with Crippen LogP contribution in [0, 0.1) is 31.1 Å². The first-order valence-corrected chi connectivity index (χ1v) is 10.7. The normalized spacial score (nSPS) is 17.8. The number of benzene rings is 1. The molecule has 0 aliphatic carbocycles. The molecule has 0 bridgehead atoms. The van der Waals surface area contributed by atoms with Crippen LogP contribution in [0.15, 0.2) is 36.7 Å². The number of rotatable bonds is 3. The number of nitriles is 1. The largest absolute Gasteiger partial charge is 0.355 e. The van der Waals surface area contributed by atoms with Crippen molar-refractivity contribution in [1.82, 2.24) is 15.0 Å². The van der Waals surface area contributed by atoms with Gasteiger partial charge in [-0.3, -0.25) is 4.98 Å². The van der Waals surface area contributed by atoms with Crippen LogP contribution in [0.2, 0.25) is 0 Å². The fourth-order valence-corrected chi connectivity index (χ4v) is 4.59. The second-order valence-corrected chi connectivity index (χ2v) is 8.58. The van der Waals surface area contributed by atoms with Crippen LogP contribution < -0.4 is 9.80 Å². The van der Waals surface area contributed by atoms with Gasteiger partial charge in [0, 0.05) is 55.8 Å². The van der Waals surface area contributed by atoms with Gasteiger partial charge in [-0.1, -0.05) is 12.1 Å². The third-order valence-corrected chi connectivity index (χ3v) is 6.43. The highest BCUT2D eigenvalue weighted by molar-refractivity contribution is 5.84. The average Bonchev–Trinajstić information content (AvgIpc) is 2.73. The average molecular weight is 399 g/mol.